The first kappa shape index (κ1) is 15.0. The Morgan fingerprint density at radius 1 is 1.08 bits per heavy atom. The maximum atomic E-state index is 12.6. The summed E-state index contributed by atoms with van der Waals surface area (Å²) in [4.78, 5) is 18.2. The number of hydrogen-bond donors (Lipinski definition) is 1. The first-order chi connectivity index (χ1) is 11.7. The third kappa shape index (κ3) is 2.82. The summed E-state index contributed by atoms with van der Waals surface area (Å²) in [7, 11) is 0. The molecule has 1 aromatic heterocycles. The van der Waals surface area contributed by atoms with E-state index in [1.165, 1.54) is 27.7 Å². The van der Waals surface area contributed by atoms with Crippen LogP contribution in [0.4, 0.5) is 0 Å². The summed E-state index contributed by atoms with van der Waals surface area (Å²) in [6.45, 7) is 3.73. The lowest BCUT2D eigenvalue weighted by Crippen LogP contribution is -2.34. The molecule has 24 heavy (non-hydrogen) atoms. The zero-order valence-electron chi connectivity index (χ0n) is 14.0. The zero-order chi connectivity index (χ0) is 16.5. The fraction of sp³-hybridized carbons (Fsp3) is 0.286. The van der Waals surface area contributed by atoms with Crippen LogP contribution in [-0.4, -0.2) is 28.9 Å². The van der Waals surface area contributed by atoms with Crippen LogP contribution in [0.25, 0.3) is 10.9 Å². The van der Waals surface area contributed by atoms with Crippen molar-refractivity contribution in [2.75, 3.05) is 13.1 Å². The minimum absolute atomic E-state index is 0.229. The minimum atomic E-state index is 0.229. The SMILES string of the molecule is Cc1ccc2[nH]c3c(c2c1)CCN(C(=O)Cc1ccccc1)CC3. The number of aryl methyl sites for hydroxylation is 1. The first-order valence-electron chi connectivity index (χ1n) is 8.62. The van der Waals surface area contributed by atoms with Crippen molar-refractivity contribution in [2.45, 2.75) is 26.2 Å². The van der Waals surface area contributed by atoms with E-state index in [0.29, 0.717) is 6.42 Å². The molecule has 3 heteroatoms. The standard InChI is InChI=1S/C21H22N2O/c1-15-7-8-19-18(13-15)17-9-11-23(12-10-20(17)22-19)21(24)14-16-5-3-2-4-6-16/h2-8,13,22H,9-12,14H2,1H3. The number of carbonyl (C=O) groups is 1. The van der Waals surface area contributed by atoms with Crippen molar-refractivity contribution in [2.24, 2.45) is 0 Å². The number of hydrogen-bond acceptors (Lipinski definition) is 1. The van der Waals surface area contributed by atoms with Crippen molar-refractivity contribution in [3.05, 3.63) is 70.9 Å². The molecule has 0 fully saturated rings. The lowest BCUT2D eigenvalue weighted by atomic mass is 10.1. The minimum Gasteiger partial charge on any atom is -0.358 e. The van der Waals surface area contributed by atoms with Crippen molar-refractivity contribution in [1.82, 2.24) is 9.88 Å². The molecule has 1 aliphatic rings. The van der Waals surface area contributed by atoms with Crippen LogP contribution in [0.15, 0.2) is 48.5 Å². The molecule has 1 aliphatic heterocycles. The van der Waals surface area contributed by atoms with Crippen LogP contribution >= 0.6 is 0 Å². The smallest absolute Gasteiger partial charge is 0.227 e. The molecule has 0 aliphatic carbocycles. The van der Waals surface area contributed by atoms with Gasteiger partial charge >= 0.3 is 0 Å². The van der Waals surface area contributed by atoms with Crippen LogP contribution in [-0.2, 0) is 24.1 Å². The van der Waals surface area contributed by atoms with Crippen LogP contribution < -0.4 is 0 Å². The van der Waals surface area contributed by atoms with E-state index < -0.39 is 0 Å². The molecule has 0 bridgehead atoms. The van der Waals surface area contributed by atoms with Gasteiger partial charge in [0, 0.05) is 36.1 Å². The van der Waals surface area contributed by atoms with E-state index in [1.54, 1.807) is 0 Å². The maximum absolute atomic E-state index is 12.6. The fourth-order valence-electron chi connectivity index (χ4n) is 3.65. The molecule has 2 heterocycles. The number of nitrogens with zero attached hydrogens (tertiary/aromatic N) is 1. The van der Waals surface area contributed by atoms with Crippen molar-refractivity contribution in [1.29, 1.82) is 0 Å². The molecular formula is C21H22N2O. The predicted molar refractivity (Wildman–Crippen MR) is 97.2 cm³/mol. The van der Waals surface area contributed by atoms with Crippen LogP contribution in [0, 0.1) is 6.92 Å². The largest absolute Gasteiger partial charge is 0.358 e. The third-order valence-electron chi connectivity index (χ3n) is 4.96. The highest BCUT2D eigenvalue weighted by Crippen LogP contribution is 2.26. The van der Waals surface area contributed by atoms with E-state index in [0.717, 1.165) is 31.5 Å². The van der Waals surface area contributed by atoms with Gasteiger partial charge in [0.05, 0.1) is 6.42 Å². The highest BCUT2D eigenvalue weighted by molar-refractivity contribution is 5.86. The summed E-state index contributed by atoms with van der Waals surface area (Å²) in [5.74, 6) is 0.229. The summed E-state index contributed by atoms with van der Waals surface area (Å²) < 4.78 is 0. The Balaban J connectivity index is 1.52. The van der Waals surface area contributed by atoms with E-state index in [1.807, 2.05) is 35.2 Å². The molecular weight excluding hydrogens is 296 g/mol. The first-order valence-corrected chi connectivity index (χ1v) is 8.62. The Bertz CT molecular complexity index is 879. The number of nitrogens with one attached hydrogen (secondary N) is 1. The van der Waals surface area contributed by atoms with Gasteiger partial charge in [-0.05, 0) is 36.6 Å². The predicted octanol–water partition coefficient (Wildman–Crippen LogP) is 3.65. The Kier molecular flexibility index (Phi) is 3.85. The van der Waals surface area contributed by atoms with Gasteiger partial charge in [-0.1, -0.05) is 42.0 Å². The summed E-state index contributed by atoms with van der Waals surface area (Å²) >= 11 is 0. The topological polar surface area (TPSA) is 36.1 Å². The molecule has 2 aromatic carbocycles. The number of carbonyl (C=O) groups excluding carboxylic acids is 1. The molecule has 0 unspecified atom stereocenters. The van der Waals surface area contributed by atoms with Crippen LogP contribution in [0.5, 0.6) is 0 Å². The van der Waals surface area contributed by atoms with Gasteiger partial charge in [-0.25, -0.2) is 0 Å². The van der Waals surface area contributed by atoms with E-state index in [-0.39, 0.29) is 5.91 Å². The van der Waals surface area contributed by atoms with Gasteiger partial charge in [0.25, 0.3) is 0 Å². The Morgan fingerprint density at radius 2 is 1.88 bits per heavy atom. The summed E-state index contributed by atoms with van der Waals surface area (Å²) in [5, 5.41) is 1.32. The molecule has 3 nitrogen and oxygen atoms in total. The molecule has 3 aromatic rings. The van der Waals surface area contributed by atoms with Gasteiger partial charge in [0.15, 0.2) is 0 Å². The average Bonchev–Trinajstić information content (AvgIpc) is 2.79. The monoisotopic (exact) mass is 318 g/mol. The molecule has 0 radical (unpaired) electrons. The number of rotatable bonds is 2. The highest BCUT2D eigenvalue weighted by Gasteiger charge is 2.21. The highest BCUT2D eigenvalue weighted by atomic mass is 16.2. The lowest BCUT2D eigenvalue weighted by molar-refractivity contribution is -0.130. The Labute approximate surface area is 142 Å². The second-order valence-corrected chi connectivity index (χ2v) is 6.67. The molecule has 0 saturated carbocycles. The van der Waals surface area contributed by atoms with E-state index in [9.17, 15) is 4.79 Å². The number of H-pyrrole nitrogens is 1. The molecule has 0 saturated heterocycles. The number of aromatic nitrogens is 1. The lowest BCUT2D eigenvalue weighted by Gasteiger charge is -2.20. The second kappa shape index (κ2) is 6.16. The van der Waals surface area contributed by atoms with E-state index in [4.69, 9.17) is 0 Å². The summed E-state index contributed by atoms with van der Waals surface area (Å²) in [6, 6.07) is 16.6. The number of benzene rings is 2. The molecule has 122 valence electrons. The van der Waals surface area contributed by atoms with Crippen LogP contribution in [0.2, 0.25) is 0 Å². The maximum Gasteiger partial charge on any atom is 0.227 e. The molecule has 0 spiro atoms. The van der Waals surface area contributed by atoms with Crippen molar-refractivity contribution in [3.8, 4) is 0 Å². The zero-order valence-corrected chi connectivity index (χ0v) is 14.0. The molecule has 0 atom stereocenters. The normalized spacial score (nSPS) is 14.5. The van der Waals surface area contributed by atoms with E-state index >= 15 is 0 Å². The number of fused-ring (bicyclic) bond motifs is 3. The summed E-state index contributed by atoms with van der Waals surface area (Å²) in [5.41, 5.74) is 6.28. The quantitative estimate of drug-likeness (QED) is 0.769. The second-order valence-electron chi connectivity index (χ2n) is 6.67. The van der Waals surface area contributed by atoms with Crippen molar-refractivity contribution < 1.29 is 4.79 Å². The molecule has 1 N–H and O–H groups in total. The van der Waals surface area contributed by atoms with Gasteiger partial charge in [-0.3, -0.25) is 4.79 Å². The average molecular weight is 318 g/mol. The van der Waals surface area contributed by atoms with Gasteiger partial charge in [-0.2, -0.15) is 0 Å². The Hall–Kier alpha value is -2.55. The van der Waals surface area contributed by atoms with Gasteiger partial charge in [0.2, 0.25) is 5.91 Å². The number of amides is 1. The van der Waals surface area contributed by atoms with Gasteiger partial charge < -0.3 is 9.88 Å². The third-order valence-corrected chi connectivity index (χ3v) is 4.96. The fourth-order valence-corrected chi connectivity index (χ4v) is 3.65. The van der Waals surface area contributed by atoms with Gasteiger partial charge in [-0.15, -0.1) is 0 Å². The molecule has 4 rings (SSSR count). The van der Waals surface area contributed by atoms with Crippen molar-refractivity contribution >= 4 is 16.8 Å². The Morgan fingerprint density at radius 3 is 2.71 bits per heavy atom. The van der Waals surface area contributed by atoms with E-state index in [2.05, 4.69) is 30.1 Å². The molecule has 1 amide bonds. The van der Waals surface area contributed by atoms with Crippen LogP contribution in [0.1, 0.15) is 22.4 Å². The van der Waals surface area contributed by atoms with Crippen LogP contribution in [0.3, 0.4) is 0 Å². The number of aromatic amines is 1. The summed E-state index contributed by atoms with van der Waals surface area (Å²) in [6.07, 6.45) is 2.33. The van der Waals surface area contributed by atoms with Crippen molar-refractivity contribution in [3.63, 3.8) is 0 Å². The van der Waals surface area contributed by atoms with Gasteiger partial charge in [0.1, 0.15) is 0 Å².